The Hall–Kier alpha value is -2.13. The van der Waals surface area contributed by atoms with Crippen LogP contribution in [0.25, 0.3) is 5.76 Å². The normalized spacial score (nSPS) is 15.2. The molecule has 2 aromatic carbocycles. The van der Waals surface area contributed by atoms with Crippen molar-refractivity contribution in [1.29, 1.82) is 0 Å². The molecule has 1 aliphatic rings. The van der Waals surface area contributed by atoms with Crippen molar-refractivity contribution >= 4 is 21.5 Å². The van der Waals surface area contributed by atoms with Crippen LogP contribution in [0.15, 0.2) is 54.6 Å². The molecule has 0 fully saturated rings. The molecular formula is C23H27O2Si+. The summed E-state index contributed by atoms with van der Waals surface area (Å²) in [6, 6.07) is 17.2. The molecule has 1 aliphatic heterocycles. The van der Waals surface area contributed by atoms with Gasteiger partial charge in [-0.1, -0.05) is 77.9 Å². The van der Waals surface area contributed by atoms with E-state index in [2.05, 4.69) is 90.1 Å². The van der Waals surface area contributed by atoms with E-state index in [0.717, 1.165) is 22.7 Å². The third kappa shape index (κ3) is 4.16. The number of carbonyl (C=O) groups excluding carboxylic acids is 1. The molecule has 134 valence electrons. The van der Waals surface area contributed by atoms with E-state index in [0.29, 0.717) is 0 Å². The largest absolute Gasteiger partial charge is 1.03 e. The van der Waals surface area contributed by atoms with Gasteiger partial charge in [0.2, 0.25) is 0 Å². The second-order valence-electron chi connectivity index (χ2n) is 8.81. The summed E-state index contributed by atoms with van der Waals surface area (Å²) in [6.07, 6.45) is 1.99. The number of allylic oxidation sites excluding steroid dienone is 1. The lowest BCUT2D eigenvalue weighted by Crippen LogP contribution is -2.14. The molecular weight excluding hydrogens is 336 g/mol. The molecule has 3 rings (SSSR count). The summed E-state index contributed by atoms with van der Waals surface area (Å²) < 4.78 is 11.5. The number of hydrogen-bond acceptors (Lipinski definition) is 1. The molecule has 0 saturated heterocycles. The van der Waals surface area contributed by atoms with Crippen LogP contribution >= 0.6 is 0 Å². The van der Waals surface area contributed by atoms with Gasteiger partial charge in [-0.3, -0.25) is 0 Å². The summed E-state index contributed by atoms with van der Waals surface area (Å²) in [5, 5.41) is 0. The van der Waals surface area contributed by atoms with Crippen molar-refractivity contribution in [1.82, 2.24) is 0 Å². The van der Waals surface area contributed by atoms with E-state index in [1.807, 2.05) is 6.08 Å². The van der Waals surface area contributed by atoms with Crippen LogP contribution in [0.1, 0.15) is 67.9 Å². The van der Waals surface area contributed by atoms with Gasteiger partial charge in [0.1, 0.15) is 5.76 Å². The Morgan fingerprint density at radius 2 is 1.15 bits per heavy atom. The maximum absolute atomic E-state index is 5.77. The van der Waals surface area contributed by atoms with Gasteiger partial charge in [-0.25, -0.2) is 0 Å². The van der Waals surface area contributed by atoms with E-state index in [4.69, 9.17) is 8.54 Å². The van der Waals surface area contributed by atoms with E-state index in [9.17, 15) is 0 Å². The van der Waals surface area contributed by atoms with Gasteiger partial charge >= 0.3 is 15.8 Å². The summed E-state index contributed by atoms with van der Waals surface area (Å²) in [7, 11) is -0.0193. The summed E-state index contributed by atoms with van der Waals surface area (Å²) in [5.74, 6) is 1.73. The summed E-state index contributed by atoms with van der Waals surface area (Å²) in [5.41, 5.74) is 5.10. The summed E-state index contributed by atoms with van der Waals surface area (Å²) >= 11 is 0. The lowest BCUT2D eigenvalue weighted by atomic mass is 9.86. The third-order valence-corrected chi connectivity index (χ3v) is 5.24. The van der Waals surface area contributed by atoms with Crippen LogP contribution in [0, 0.1) is 0 Å². The Labute approximate surface area is 159 Å². The van der Waals surface area contributed by atoms with Crippen molar-refractivity contribution in [2.75, 3.05) is 0 Å². The number of benzene rings is 2. The monoisotopic (exact) mass is 363 g/mol. The van der Waals surface area contributed by atoms with Gasteiger partial charge in [0.15, 0.2) is 0 Å². The van der Waals surface area contributed by atoms with Crippen molar-refractivity contribution in [3.63, 3.8) is 0 Å². The van der Waals surface area contributed by atoms with E-state index >= 15 is 0 Å². The van der Waals surface area contributed by atoms with Crippen LogP contribution in [-0.4, -0.2) is 15.8 Å². The van der Waals surface area contributed by atoms with Gasteiger partial charge in [-0.15, -0.1) is 0 Å². The lowest BCUT2D eigenvalue weighted by Gasteiger charge is -2.19. The fourth-order valence-corrected chi connectivity index (χ4v) is 3.42. The van der Waals surface area contributed by atoms with Crippen molar-refractivity contribution in [2.45, 2.75) is 52.4 Å². The SMILES string of the molecule is CC(C)(C)c1ccc(C2=CC(c3ccc(C(C)(C)C)cc3)=[O+][Si]O2)cc1. The summed E-state index contributed by atoms with van der Waals surface area (Å²) in [6.45, 7) is 13.3. The average molecular weight is 364 g/mol. The topological polar surface area (TPSA) is 20.5 Å². The van der Waals surface area contributed by atoms with Crippen LogP contribution in [0.5, 0.6) is 0 Å². The first kappa shape index (κ1) is 18.7. The van der Waals surface area contributed by atoms with Crippen LogP contribution in [-0.2, 0) is 15.3 Å². The Morgan fingerprint density at radius 1 is 0.692 bits per heavy atom. The average Bonchev–Trinajstić information content (AvgIpc) is 2.61. The van der Waals surface area contributed by atoms with Crippen LogP contribution in [0.2, 0.25) is 0 Å². The van der Waals surface area contributed by atoms with E-state index in [-0.39, 0.29) is 20.8 Å². The molecule has 0 aliphatic carbocycles. The highest BCUT2D eigenvalue weighted by Gasteiger charge is 2.28. The molecule has 0 bridgehead atoms. The predicted molar refractivity (Wildman–Crippen MR) is 109 cm³/mol. The Bertz CT molecular complexity index is 830. The zero-order chi connectivity index (χ0) is 18.9. The van der Waals surface area contributed by atoms with Gasteiger partial charge in [0.05, 0.1) is 11.6 Å². The van der Waals surface area contributed by atoms with Crippen molar-refractivity contribution in [3.8, 4) is 0 Å². The van der Waals surface area contributed by atoms with Gasteiger partial charge in [-0.05, 0) is 34.1 Å². The Kier molecular flexibility index (Phi) is 4.94. The highest BCUT2D eigenvalue weighted by Crippen LogP contribution is 2.27. The Balaban J connectivity index is 1.85. The van der Waals surface area contributed by atoms with Gasteiger partial charge in [0, 0.05) is 5.56 Å². The van der Waals surface area contributed by atoms with Gasteiger partial charge < -0.3 is 8.54 Å². The molecule has 0 unspecified atom stereocenters. The maximum Gasteiger partial charge on any atom is 1.03 e. The quantitative estimate of drug-likeness (QED) is 0.502. The lowest BCUT2D eigenvalue weighted by molar-refractivity contribution is -0.101. The smallest absolute Gasteiger partial charge is 0.460 e. The van der Waals surface area contributed by atoms with E-state index < -0.39 is 0 Å². The van der Waals surface area contributed by atoms with Gasteiger partial charge in [-0.2, -0.15) is 0 Å². The van der Waals surface area contributed by atoms with Crippen molar-refractivity contribution in [3.05, 3.63) is 76.9 Å². The zero-order valence-corrected chi connectivity index (χ0v) is 17.5. The van der Waals surface area contributed by atoms with Crippen LogP contribution < -0.4 is 0 Å². The van der Waals surface area contributed by atoms with Gasteiger partial charge in [0.25, 0.3) is 0 Å². The molecule has 2 radical (unpaired) electrons. The molecule has 0 spiro atoms. The number of rotatable bonds is 2. The van der Waals surface area contributed by atoms with E-state index in [1.165, 1.54) is 11.1 Å². The molecule has 26 heavy (non-hydrogen) atoms. The van der Waals surface area contributed by atoms with E-state index in [1.54, 1.807) is 0 Å². The minimum Gasteiger partial charge on any atom is -0.460 e. The predicted octanol–water partition coefficient (Wildman–Crippen LogP) is 5.61. The molecule has 0 saturated carbocycles. The highest BCUT2D eigenvalue weighted by atomic mass is 28.2. The maximum atomic E-state index is 5.77. The third-order valence-electron chi connectivity index (χ3n) is 4.64. The molecule has 1 heterocycles. The van der Waals surface area contributed by atoms with Crippen LogP contribution in [0.3, 0.4) is 0 Å². The number of ketones is 1. The first-order valence-electron chi connectivity index (χ1n) is 9.04. The molecule has 0 amide bonds. The minimum atomic E-state index is -0.0193. The fraction of sp³-hybridized carbons (Fsp3) is 0.348. The summed E-state index contributed by atoms with van der Waals surface area (Å²) in [4.78, 5) is 0. The standard InChI is InChI=1S/C23H27O2Si/c1-22(2,3)18-11-7-16(8-12-18)20-15-21(25-26-24-20)17-9-13-19(14-10-17)23(4,5)6/h7-15H,1-6H3/q+1. The van der Waals surface area contributed by atoms with Crippen LogP contribution in [0.4, 0.5) is 0 Å². The molecule has 2 aromatic rings. The highest BCUT2D eigenvalue weighted by molar-refractivity contribution is 6.25. The van der Waals surface area contributed by atoms with Crippen molar-refractivity contribution < 1.29 is 8.54 Å². The minimum absolute atomic E-state index is 0.0193. The molecule has 3 heteroatoms. The molecule has 2 nitrogen and oxygen atoms in total. The van der Waals surface area contributed by atoms with Crippen molar-refractivity contribution in [2.24, 2.45) is 0 Å². The molecule has 0 aromatic heterocycles. The second kappa shape index (κ2) is 6.88. The first-order valence-corrected chi connectivity index (χ1v) is 9.85. The zero-order valence-electron chi connectivity index (χ0n) is 16.5. The molecule has 0 atom stereocenters. The number of hydrogen-bond donors (Lipinski definition) is 0. The Morgan fingerprint density at radius 3 is 1.62 bits per heavy atom. The molecule has 0 N–H and O–H groups in total. The fourth-order valence-electron chi connectivity index (χ4n) is 2.84. The second-order valence-corrected chi connectivity index (χ2v) is 9.39. The first-order chi connectivity index (χ1) is 12.1.